The van der Waals surface area contributed by atoms with Crippen molar-refractivity contribution < 1.29 is 14.3 Å². The van der Waals surface area contributed by atoms with Gasteiger partial charge in [-0.2, -0.15) is 0 Å². The summed E-state index contributed by atoms with van der Waals surface area (Å²) in [4.78, 5) is 17.0. The van der Waals surface area contributed by atoms with E-state index >= 15 is 0 Å². The van der Waals surface area contributed by atoms with E-state index in [1.54, 1.807) is 18.4 Å². The third-order valence-electron chi connectivity index (χ3n) is 3.69. The lowest BCUT2D eigenvalue weighted by atomic mass is 10.1. The number of nitrogens with zero attached hydrogens (tertiary/aromatic N) is 2. The molecule has 0 saturated heterocycles. The Morgan fingerprint density at radius 3 is 2.84 bits per heavy atom. The van der Waals surface area contributed by atoms with Gasteiger partial charge >= 0.3 is 0 Å². The lowest BCUT2D eigenvalue weighted by Gasteiger charge is -2.13. The van der Waals surface area contributed by atoms with Crippen molar-refractivity contribution in [2.24, 2.45) is 0 Å². The van der Waals surface area contributed by atoms with Crippen molar-refractivity contribution in [3.63, 3.8) is 0 Å². The number of nitrogens with two attached hydrogens (primary N) is 1. The standard InChI is InChI=1S/C18H19N3O3S/c1-3-23-11-24-13-5-6-15-17(9-13)25-18(20-15)12-4-7-16(14(19)8-12)21(2)10-22/h4-10H,3,11,19H2,1-2H3. The van der Waals surface area contributed by atoms with Crippen molar-refractivity contribution in [3.8, 4) is 16.3 Å². The van der Waals surface area contributed by atoms with Gasteiger partial charge in [-0.15, -0.1) is 11.3 Å². The van der Waals surface area contributed by atoms with E-state index in [0.717, 1.165) is 32.9 Å². The second-order valence-corrected chi connectivity index (χ2v) is 6.42. The van der Waals surface area contributed by atoms with Gasteiger partial charge in [-0.05, 0) is 43.3 Å². The number of anilines is 2. The summed E-state index contributed by atoms with van der Waals surface area (Å²) < 4.78 is 11.8. The average molecular weight is 357 g/mol. The molecule has 0 radical (unpaired) electrons. The summed E-state index contributed by atoms with van der Waals surface area (Å²) >= 11 is 1.56. The fourth-order valence-corrected chi connectivity index (χ4v) is 3.37. The Morgan fingerprint density at radius 2 is 2.12 bits per heavy atom. The third-order valence-corrected chi connectivity index (χ3v) is 4.75. The smallest absolute Gasteiger partial charge is 0.213 e. The number of carbonyl (C=O) groups excluding carboxylic acids is 1. The van der Waals surface area contributed by atoms with Crippen molar-refractivity contribution in [2.45, 2.75) is 6.92 Å². The first-order valence-corrected chi connectivity index (χ1v) is 8.63. The second kappa shape index (κ2) is 7.50. The summed E-state index contributed by atoms with van der Waals surface area (Å²) in [7, 11) is 1.67. The zero-order chi connectivity index (χ0) is 17.8. The SMILES string of the molecule is CCOCOc1ccc2nc(-c3ccc(N(C)C=O)c(N)c3)sc2c1. The number of thiazole rings is 1. The van der Waals surface area contributed by atoms with Crippen LogP contribution in [0.25, 0.3) is 20.8 Å². The van der Waals surface area contributed by atoms with Crippen molar-refractivity contribution in [1.29, 1.82) is 0 Å². The van der Waals surface area contributed by atoms with E-state index < -0.39 is 0 Å². The number of nitrogen functional groups attached to an aromatic ring is 1. The fourth-order valence-electron chi connectivity index (χ4n) is 2.38. The molecule has 3 aromatic rings. The van der Waals surface area contributed by atoms with Crippen LogP contribution in [0.5, 0.6) is 5.75 Å². The monoisotopic (exact) mass is 357 g/mol. The van der Waals surface area contributed by atoms with Crippen molar-refractivity contribution in [2.75, 3.05) is 31.1 Å². The minimum atomic E-state index is 0.232. The molecule has 0 bridgehead atoms. The van der Waals surface area contributed by atoms with E-state index in [-0.39, 0.29) is 6.79 Å². The molecular formula is C18H19N3O3S. The first kappa shape index (κ1) is 17.2. The minimum absolute atomic E-state index is 0.232. The third kappa shape index (κ3) is 3.72. The van der Waals surface area contributed by atoms with Gasteiger partial charge in [-0.25, -0.2) is 4.98 Å². The Bertz CT molecular complexity index is 894. The number of rotatable bonds is 7. The zero-order valence-electron chi connectivity index (χ0n) is 14.1. The number of ether oxygens (including phenoxy) is 2. The van der Waals surface area contributed by atoms with Gasteiger partial charge in [0, 0.05) is 19.2 Å². The van der Waals surface area contributed by atoms with Crippen LogP contribution in [0.1, 0.15) is 6.92 Å². The fraction of sp³-hybridized carbons (Fsp3) is 0.222. The van der Waals surface area contributed by atoms with Crippen molar-refractivity contribution in [1.82, 2.24) is 4.98 Å². The van der Waals surface area contributed by atoms with Crippen LogP contribution in [-0.2, 0) is 9.53 Å². The van der Waals surface area contributed by atoms with Gasteiger partial charge in [0.25, 0.3) is 0 Å². The molecule has 25 heavy (non-hydrogen) atoms. The van der Waals surface area contributed by atoms with Crippen LogP contribution in [0.3, 0.4) is 0 Å². The number of fused-ring (bicyclic) bond motifs is 1. The first-order chi connectivity index (χ1) is 12.1. The Morgan fingerprint density at radius 1 is 1.28 bits per heavy atom. The van der Waals surface area contributed by atoms with Gasteiger partial charge < -0.3 is 20.1 Å². The van der Waals surface area contributed by atoms with Gasteiger partial charge in [0.15, 0.2) is 6.79 Å². The van der Waals surface area contributed by atoms with Gasteiger partial charge in [-0.3, -0.25) is 4.79 Å². The number of carbonyl (C=O) groups is 1. The molecule has 1 aromatic heterocycles. The molecule has 2 aromatic carbocycles. The predicted octanol–water partition coefficient (Wildman–Crippen LogP) is 3.51. The minimum Gasteiger partial charge on any atom is -0.468 e. The van der Waals surface area contributed by atoms with Crippen LogP contribution in [0, 0.1) is 0 Å². The number of aromatic nitrogens is 1. The van der Waals surface area contributed by atoms with Crippen LogP contribution >= 0.6 is 11.3 Å². The highest BCUT2D eigenvalue weighted by Crippen LogP contribution is 2.35. The molecule has 0 aliphatic heterocycles. The molecule has 3 rings (SSSR count). The average Bonchev–Trinajstić information content (AvgIpc) is 3.04. The lowest BCUT2D eigenvalue weighted by molar-refractivity contribution is -0.107. The van der Waals surface area contributed by atoms with Crippen molar-refractivity contribution in [3.05, 3.63) is 36.4 Å². The molecule has 7 heteroatoms. The molecule has 0 fully saturated rings. The maximum absolute atomic E-state index is 10.9. The van der Waals surface area contributed by atoms with Crippen LogP contribution < -0.4 is 15.4 Å². The van der Waals surface area contributed by atoms with E-state index in [9.17, 15) is 4.79 Å². The molecule has 0 spiro atoms. The summed E-state index contributed by atoms with van der Waals surface area (Å²) in [5.74, 6) is 0.749. The summed E-state index contributed by atoms with van der Waals surface area (Å²) in [5, 5.41) is 0.865. The number of hydrogen-bond acceptors (Lipinski definition) is 6. The molecule has 0 aliphatic carbocycles. The highest BCUT2D eigenvalue weighted by molar-refractivity contribution is 7.21. The second-order valence-electron chi connectivity index (χ2n) is 5.39. The highest BCUT2D eigenvalue weighted by Gasteiger charge is 2.11. The molecule has 0 saturated carbocycles. The summed E-state index contributed by atoms with van der Waals surface area (Å²) in [6, 6.07) is 11.3. The maximum Gasteiger partial charge on any atom is 0.213 e. The van der Waals surface area contributed by atoms with E-state index in [1.807, 2.05) is 43.3 Å². The lowest BCUT2D eigenvalue weighted by Crippen LogP contribution is -2.15. The highest BCUT2D eigenvalue weighted by atomic mass is 32.1. The van der Waals surface area contributed by atoms with E-state index in [4.69, 9.17) is 15.2 Å². The molecule has 2 N–H and O–H groups in total. The number of benzene rings is 2. The van der Waals surface area contributed by atoms with Gasteiger partial charge in [0.2, 0.25) is 6.41 Å². The summed E-state index contributed by atoms with van der Waals surface area (Å²) in [6.45, 7) is 2.77. The maximum atomic E-state index is 10.9. The van der Waals surface area contributed by atoms with Gasteiger partial charge in [0.1, 0.15) is 10.8 Å². The zero-order valence-corrected chi connectivity index (χ0v) is 14.9. The first-order valence-electron chi connectivity index (χ1n) is 7.81. The van der Waals surface area contributed by atoms with Gasteiger partial charge in [-0.1, -0.05) is 0 Å². The topological polar surface area (TPSA) is 77.7 Å². The van der Waals surface area contributed by atoms with E-state index in [2.05, 4.69) is 4.98 Å². The van der Waals surface area contributed by atoms with Crippen LogP contribution in [0.2, 0.25) is 0 Å². The molecule has 6 nitrogen and oxygen atoms in total. The Hall–Kier alpha value is -2.64. The van der Waals surface area contributed by atoms with Crippen LogP contribution in [0.15, 0.2) is 36.4 Å². The van der Waals surface area contributed by atoms with Gasteiger partial charge in [0.05, 0.1) is 21.6 Å². The Labute approximate surface area is 149 Å². The van der Waals surface area contributed by atoms with E-state index in [0.29, 0.717) is 18.0 Å². The molecule has 1 heterocycles. The Kier molecular flexibility index (Phi) is 5.16. The molecule has 1 amide bonds. The largest absolute Gasteiger partial charge is 0.468 e. The quantitative estimate of drug-likeness (QED) is 0.303. The Balaban J connectivity index is 1.88. The normalized spacial score (nSPS) is 10.8. The summed E-state index contributed by atoms with van der Waals surface area (Å²) in [6.07, 6.45) is 0.729. The molecule has 130 valence electrons. The number of hydrogen-bond donors (Lipinski definition) is 1. The van der Waals surface area contributed by atoms with E-state index in [1.165, 1.54) is 4.90 Å². The van der Waals surface area contributed by atoms with Crippen molar-refractivity contribution >= 4 is 39.3 Å². The molecule has 0 aliphatic rings. The van der Waals surface area contributed by atoms with Crippen LogP contribution in [0.4, 0.5) is 11.4 Å². The molecule has 0 unspecified atom stereocenters. The molecular weight excluding hydrogens is 338 g/mol. The molecule has 0 atom stereocenters. The van der Waals surface area contributed by atoms with Crippen LogP contribution in [-0.4, -0.2) is 31.8 Å². The number of amides is 1. The summed E-state index contributed by atoms with van der Waals surface area (Å²) in [5.41, 5.74) is 9.09. The predicted molar refractivity (Wildman–Crippen MR) is 101 cm³/mol.